The molecule has 3 rings (SSSR count). The first-order valence-corrected chi connectivity index (χ1v) is 8.00. The van der Waals surface area contributed by atoms with Crippen LogP contribution in [0.3, 0.4) is 0 Å². The van der Waals surface area contributed by atoms with Gasteiger partial charge in [0.25, 0.3) is 0 Å². The minimum Gasteiger partial charge on any atom is -0.462 e. The van der Waals surface area contributed by atoms with Crippen molar-refractivity contribution in [1.82, 2.24) is 4.98 Å². The Morgan fingerprint density at radius 2 is 1.83 bits per heavy atom. The first-order valence-electron chi connectivity index (χ1n) is 8.00. The summed E-state index contributed by atoms with van der Waals surface area (Å²) in [6.07, 6.45) is 1.58. The lowest BCUT2D eigenvalue weighted by Crippen LogP contribution is -2.07. The fraction of sp³-hybridized carbons (Fsp3) is 0.200. The highest BCUT2D eigenvalue weighted by Gasteiger charge is 2.14. The molecule has 0 atom stereocenters. The van der Waals surface area contributed by atoms with Gasteiger partial charge in [0.15, 0.2) is 0 Å². The van der Waals surface area contributed by atoms with Crippen LogP contribution < -0.4 is 5.32 Å². The van der Waals surface area contributed by atoms with E-state index < -0.39 is 0 Å². The van der Waals surface area contributed by atoms with Gasteiger partial charge in [0.1, 0.15) is 5.82 Å². The second-order valence-electron chi connectivity index (χ2n) is 5.66. The van der Waals surface area contributed by atoms with Gasteiger partial charge in [-0.25, -0.2) is 9.78 Å². The van der Waals surface area contributed by atoms with E-state index in [1.54, 1.807) is 13.1 Å². The van der Waals surface area contributed by atoms with Crippen LogP contribution in [-0.2, 0) is 4.74 Å². The number of rotatable bonds is 4. The Labute approximate surface area is 141 Å². The summed E-state index contributed by atoms with van der Waals surface area (Å²) in [4.78, 5) is 16.6. The number of pyridine rings is 1. The number of anilines is 2. The summed E-state index contributed by atoms with van der Waals surface area (Å²) in [6.45, 7) is 6.29. The number of nitrogens with zero attached hydrogens (tertiary/aromatic N) is 1. The van der Waals surface area contributed by atoms with Crippen LogP contribution in [0.5, 0.6) is 0 Å². The SMILES string of the molecule is CCOC(=O)c1cnc(Nc2cccc(C)c2C)c2ccccc12. The van der Waals surface area contributed by atoms with E-state index in [-0.39, 0.29) is 5.97 Å². The average Bonchev–Trinajstić information content (AvgIpc) is 2.59. The Morgan fingerprint density at radius 3 is 2.58 bits per heavy atom. The number of esters is 1. The first kappa shape index (κ1) is 16.0. The van der Waals surface area contributed by atoms with Crippen molar-refractivity contribution >= 4 is 28.2 Å². The van der Waals surface area contributed by atoms with Crippen molar-refractivity contribution < 1.29 is 9.53 Å². The Hall–Kier alpha value is -2.88. The van der Waals surface area contributed by atoms with Crippen molar-refractivity contribution in [3.8, 4) is 0 Å². The van der Waals surface area contributed by atoms with Gasteiger partial charge in [0.05, 0.1) is 12.2 Å². The van der Waals surface area contributed by atoms with Crippen molar-refractivity contribution in [1.29, 1.82) is 0 Å². The molecule has 4 nitrogen and oxygen atoms in total. The number of fused-ring (bicyclic) bond motifs is 1. The summed E-state index contributed by atoms with van der Waals surface area (Å²) in [7, 11) is 0. The number of carbonyl (C=O) groups excluding carboxylic acids is 1. The van der Waals surface area contributed by atoms with Crippen molar-refractivity contribution in [2.75, 3.05) is 11.9 Å². The Bertz CT molecular complexity index is 903. The number of nitrogens with one attached hydrogen (secondary N) is 1. The van der Waals surface area contributed by atoms with E-state index in [0.717, 1.165) is 22.3 Å². The smallest absolute Gasteiger partial charge is 0.340 e. The predicted octanol–water partition coefficient (Wildman–Crippen LogP) is 4.77. The van der Waals surface area contributed by atoms with Crippen molar-refractivity contribution in [3.05, 3.63) is 65.4 Å². The van der Waals surface area contributed by atoms with Gasteiger partial charge in [-0.1, -0.05) is 36.4 Å². The van der Waals surface area contributed by atoms with Gasteiger partial charge >= 0.3 is 5.97 Å². The first-order chi connectivity index (χ1) is 11.6. The minimum absolute atomic E-state index is 0.343. The maximum Gasteiger partial charge on any atom is 0.340 e. The number of aromatic nitrogens is 1. The van der Waals surface area contributed by atoms with E-state index in [2.05, 4.69) is 30.2 Å². The third kappa shape index (κ3) is 2.95. The molecule has 0 saturated carbocycles. The number of benzene rings is 2. The number of hydrogen-bond donors (Lipinski definition) is 1. The largest absolute Gasteiger partial charge is 0.462 e. The highest BCUT2D eigenvalue weighted by atomic mass is 16.5. The van der Waals surface area contributed by atoms with E-state index in [9.17, 15) is 4.79 Å². The number of hydrogen-bond acceptors (Lipinski definition) is 4. The fourth-order valence-corrected chi connectivity index (χ4v) is 2.68. The molecule has 0 aliphatic carbocycles. The molecule has 0 amide bonds. The van der Waals surface area contributed by atoms with Crippen LogP contribution in [0.15, 0.2) is 48.7 Å². The van der Waals surface area contributed by atoms with Gasteiger partial charge in [-0.05, 0) is 38.0 Å². The van der Waals surface area contributed by atoms with Gasteiger partial charge in [0, 0.05) is 22.7 Å². The van der Waals surface area contributed by atoms with Crippen LogP contribution in [-0.4, -0.2) is 17.6 Å². The molecule has 2 aromatic carbocycles. The summed E-state index contributed by atoms with van der Waals surface area (Å²) in [5.41, 5.74) is 3.89. The number of ether oxygens (including phenoxy) is 1. The highest BCUT2D eigenvalue weighted by molar-refractivity contribution is 6.07. The van der Waals surface area contributed by atoms with Gasteiger partial charge < -0.3 is 10.1 Å². The monoisotopic (exact) mass is 320 g/mol. The molecule has 0 radical (unpaired) electrons. The maximum absolute atomic E-state index is 12.1. The summed E-state index contributed by atoms with van der Waals surface area (Å²) in [6, 6.07) is 13.8. The lowest BCUT2D eigenvalue weighted by molar-refractivity contribution is 0.0528. The molecule has 1 heterocycles. The molecule has 0 fully saturated rings. The Morgan fingerprint density at radius 1 is 1.08 bits per heavy atom. The topological polar surface area (TPSA) is 51.2 Å². The van der Waals surface area contributed by atoms with Crippen LogP contribution in [0.1, 0.15) is 28.4 Å². The molecular weight excluding hydrogens is 300 g/mol. The molecule has 3 aromatic rings. The van der Waals surface area contributed by atoms with Gasteiger partial charge in [-0.15, -0.1) is 0 Å². The van der Waals surface area contributed by atoms with Crippen LogP contribution >= 0.6 is 0 Å². The number of carbonyl (C=O) groups is 1. The lowest BCUT2D eigenvalue weighted by Gasteiger charge is -2.14. The summed E-state index contributed by atoms with van der Waals surface area (Å²) in [5, 5.41) is 5.12. The van der Waals surface area contributed by atoms with Crippen molar-refractivity contribution in [2.45, 2.75) is 20.8 Å². The molecular formula is C20H20N2O2. The van der Waals surface area contributed by atoms with E-state index in [1.807, 2.05) is 36.4 Å². The molecule has 0 unspecified atom stereocenters. The molecule has 0 spiro atoms. The second-order valence-corrected chi connectivity index (χ2v) is 5.66. The number of aryl methyl sites for hydroxylation is 1. The maximum atomic E-state index is 12.1. The van der Waals surface area contributed by atoms with E-state index >= 15 is 0 Å². The van der Waals surface area contributed by atoms with Crippen molar-refractivity contribution in [3.63, 3.8) is 0 Å². The zero-order chi connectivity index (χ0) is 17.1. The quantitative estimate of drug-likeness (QED) is 0.703. The molecule has 1 N–H and O–H groups in total. The lowest BCUT2D eigenvalue weighted by atomic mass is 10.1. The van der Waals surface area contributed by atoms with E-state index in [0.29, 0.717) is 12.2 Å². The molecule has 0 saturated heterocycles. The Kier molecular flexibility index (Phi) is 4.47. The molecule has 122 valence electrons. The third-order valence-electron chi connectivity index (χ3n) is 4.15. The van der Waals surface area contributed by atoms with E-state index in [4.69, 9.17) is 4.74 Å². The van der Waals surface area contributed by atoms with Gasteiger partial charge in [0.2, 0.25) is 0 Å². The second kappa shape index (κ2) is 6.71. The molecule has 0 aliphatic heterocycles. The summed E-state index contributed by atoms with van der Waals surface area (Å²) < 4.78 is 5.13. The minimum atomic E-state index is -0.348. The molecule has 4 heteroatoms. The van der Waals surface area contributed by atoms with Gasteiger partial charge in [-0.2, -0.15) is 0 Å². The molecule has 24 heavy (non-hydrogen) atoms. The van der Waals surface area contributed by atoms with Crippen LogP contribution in [0.4, 0.5) is 11.5 Å². The standard InChI is InChI=1S/C20H20N2O2/c1-4-24-20(23)17-12-21-19(16-10-6-5-9-15(16)17)22-18-11-7-8-13(2)14(18)3/h5-12H,4H2,1-3H3,(H,21,22). The average molecular weight is 320 g/mol. The van der Waals surface area contributed by atoms with Crippen LogP contribution in [0.2, 0.25) is 0 Å². The van der Waals surface area contributed by atoms with E-state index in [1.165, 1.54) is 11.1 Å². The third-order valence-corrected chi connectivity index (χ3v) is 4.15. The normalized spacial score (nSPS) is 10.6. The fourth-order valence-electron chi connectivity index (χ4n) is 2.68. The highest BCUT2D eigenvalue weighted by Crippen LogP contribution is 2.29. The predicted molar refractivity (Wildman–Crippen MR) is 96.9 cm³/mol. The summed E-state index contributed by atoms with van der Waals surface area (Å²) >= 11 is 0. The summed E-state index contributed by atoms with van der Waals surface area (Å²) in [5.74, 6) is 0.381. The Balaban J connectivity index is 2.08. The zero-order valence-corrected chi connectivity index (χ0v) is 14.1. The van der Waals surface area contributed by atoms with Crippen LogP contribution in [0.25, 0.3) is 10.8 Å². The zero-order valence-electron chi connectivity index (χ0n) is 14.1. The van der Waals surface area contributed by atoms with Crippen LogP contribution in [0, 0.1) is 13.8 Å². The molecule has 1 aromatic heterocycles. The van der Waals surface area contributed by atoms with Crippen molar-refractivity contribution in [2.24, 2.45) is 0 Å². The van der Waals surface area contributed by atoms with Gasteiger partial charge in [-0.3, -0.25) is 0 Å². The molecule has 0 bridgehead atoms. The molecule has 0 aliphatic rings.